The van der Waals surface area contributed by atoms with Crippen molar-refractivity contribution in [2.24, 2.45) is 0 Å². The molecule has 272 valence electrons. The van der Waals surface area contributed by atoms with Crippen LogP contribution in [-0.4, -0.2) is 188 Å². The summed E-state index contributed by atoms with van der Waals surface area (Å²) in [7, 11) is -27.6. The number of carboxylic acid groups (broad SMARTS) is 1. The molecule has 3 aliphatic rings. The first-order chi connectivity index (χ1) is 21.8. The maximum Gasteiger partial charge on any atom is 0.886 e. The van der Waals surface area contributed by atoms with E-state index in [1.54, 1.807) is 18.0 Å². The second kappa shape index (κ2) is 16.5. The molecule has 0 saturated carbocycles. The minimum atomic E-state index is -5.76. The van der Waals surface area contributed by atoms with Crippen molar-refractivity contribution in [3.63, 3.8) is 0 Å². The third-order valence-corrected chi connectivity index (χ3v) is 33.8. The number of hydrogen-bond donors (Lipinski definition) is 6. The monoisotopic (exact) mass is 839 g/mol. The molecule has 3 fully saturated rings. The van der Waals surface area contributed by atoms with Crippen LogP contribution in [0.25, 0.3) is 0 Å². The van der Waals surface area contributed by atoms with Gasteiger partial charge in [0.1, 0.15) is 6.04 Å². The largest absolute Gasteiger partial charge is 0.886 e. The Balaban J connectivity index is 2.19. The lowest BCUT2D eigenvalue weighted by atomic mass is 10.2. The molecular formula is C14H39Al2NO23Si7. The maximum absolute atomic E-state index is 12.1. The predicted octanol–water partition coefficient (Wildman–Crippen LogP) is -4.76. The van der Waals surface area contributed by atoms with Gasteiger partial charge in [-0.15, -0.1) is 0 Å². The minimum Gasteiger partial charge on any atom is -0.488 e. The molecule has 3 rings (SSSR count). The standard InChI is InChI=1S/C8H16NO3Si.C6H18O10Si3.2Al.H5O10Si3/c1-3-13(2,12)9-6-4-5-7(9)8(10)11;1-9-17(7,10-2)15-19(13-5,14-6)16-18(8,11-3)12-4;;;1-11(2,3)9-13(7,8)10-12(4,5)6/h7H,3-6H2,1-2H3,(H,10,11);1-6H3;;;1-2,4-5,7H/q-1;-2;2*+3;-3/t7?,13-;;;;/m1..../s1. The van der Waals surface area contributed by atoms with E-state index in [1.807, 2.05) is 0 Å². The third-order valence-electron chi connectivity index (χ3n) is 6.90. The van der Waals surface area contributed by atoms with E-state index in [-0.39, 0.29) is 6.04 Å². The van der Waals surface area contributed by atoms with Crippen LogP contribution in [0.1, 0.15) is 19.8 Å². The van der Waals surface area contributed by atoms with E-state index < -0.39 is 105 Å². The molecule has 0 aliphatic carbocycles. The number of carbonyl (C=O) groups is 1. The quantitative estimate of drug-likeness (QED) is 0.107. The molecule has 0 spiro atoms. The van der Waals surface area contributed by atoms with Gasteiger partial charge >= 0.3 is 90.6 Å². The van der Waals surface area contributed by atoms with Crippen LogP contribution < -0.4 is 0 Å². The third kappa shape index (κ3) is 10.4. The van der Waals surface area contributed by atoms with Crippen LogP contribution in [0.2, 0.25) is 12.6 Å². The normalized spacial score (nSPS) is 30.8. The van der Waals surface area contributed by atoms with Gasteiger partial charge in [-0.05, 0) is 32.0 Å². The molecule has 0 aromatic carbocycles. The Morgan fingerprint density at radius 1 is 0.766 bits per heavy atom. The summed E-state index contributed by atoms with van der Waals surface area (Å²) in [4.78, 5) is 65.8. The molecule has 2 unspecified atom stereocenters. The van der Waals surface area contributed by atoms with Crippen LogP contribution in [0.5, 0.6) is 0 Å². The summed E-state index contributed by atoms with van der Waals surface area (Å²) in [6.45, 7) is 3.72. The molecule has 33 heteroatoms. The fourth-order valence-electron chi connectivity index (χ4n) is 4.51. The van der Waals surface area contributed by atoms with Crippen LogP contribution in [0, 0.1) is 0 Å². The van der Waals surface area contributed by atoms with Gasteiger partial charge in [-0.2, -0.15) is 0 Å². The topological polar surface area (TPSA) is 289 Å². The molecule has 3 saturated heterocycles. The number of rotatable bonds is 11. The zero-order chi connectivity index (χ0) is 35.5. The van der Waals surface area contributed by atoms with Crippen molar-refractivity contribution >= 4 is 99.0 Å². The lowest BCUT2D eigenvalue weighted by Gasteiger charge is -2.43. The van der Waals surface area contributed by atoms with E-state index in [0.29, 0.717) is 19.4 Å². The summed E-state index contributed by atoms with van der Waals surface area (Å²) in [6.07, 6.45) is 0.855. The molecule has 3 aliphatic heterocycles. The predicted molar refractivity (Wildman–Crippen MR) is 159 cm³/mol. The lowest BCUT2D eigenvalue weighted by molar-refractivity contribution is -0.141. The Labute approximate surface area is 287 Å². The summed E-state index contributed by atoms with van der Waals surface area (Å²) in [5.41, 5.74) is 0. The molecule has 0 amide bonds. The average molecular weight is 840 g/mol. The van der Waals surface area contributed by atoms with Gasteiger partial charge in [0.15, 0.2) is 0 Å². The van der Waals surface area contributed by atoms with Gasteiger partial charge in [0.05, 0.1) is 0 Å². The minimum absolute atomic E-state index is 0.248. The molecule has 3 atom stereocenters. The van der Waals surface area contributed by atoms with E-state index in [2.05, 4.69) is 0 Å². The van der Waals surface area contributed by atoms with Gasteiger partial charge in [0.25, 0.3) is 0 Å². The van der Waals surface area contributed by atoms with Gasteiger partial charge in [0, 0.05) is 42.7 Å². The van der Waals surface area contributed by atoms with Crippen LogP contribution >= 0.6 is 0 Å². The van der Waals surface area contributed by atoms with Crippen molar-refractivity contribution in [1.82, 2.24) is 4.57 Å². The van der Waals surface area contributed by atoms with Crippen LogP contribution in [0.15, 0.2) is 0 Å². The van der Waals surface area contributed by atoms with Gasteiger partial charge in [0.2, 0.25) is 8.48 Å². The van der Waals surface area contributed by atoms with E-state index >= 15 is 0 Å². The summed E-state index contributed by atoms with van der Waals surface area (Å²) < 4.78 is 89.8. The Hall–Kier alpha value is 1.17. The molecule has 0 aromatic rings. The lowest BCUT2D eigenvalue weighted by Crippen LogP contribution is -2.74. The SMILES string of the molecule is CC[Si@@](C)([O][Al]1[O][Si](O)(O)O[Si]2(O)[O][Al]([O][Si](O)(O)O2)[O][Si](OC)(OC)O[Si](OC)(OC)O[Si](OC)(OC)[O]1)N1CCCC1C(=O)O. The van der Waals surface area contributed by atoms with Gasteiger partial charge in [-0.25, -0.2) is 0 Å². The number of fused-ring (bicyclic) bond motifs is 2. The van der Waals surface area contributed by atoms with Crippen molar-refractivity contribution < 1.29 is 97.8 Å². The van der Waals surface area contributed by atoms with Gasteiger partial charge in [-0.1, -0.05) is 6.92 Å². The number of hydrogen-bond acceptors (Lipinski definition) is 23. The highest BCUT2D eigenvalue weighted by Gasteiger charge is 2.74. The van der Waals surface area contributed by atoms with Crippen molar-refractivity contribution in [3.8, 4) is 0 Å². The average Bonchev–Trinajstić information content (AvgIpc) is 3.49. The zero-order valence-electron chi connectivity index (χ0n) is 26.6. The van der Waals surface area contributed by atoms with Crippen molar-refractivity contribution in [3.05, 3.63) is 0 Å². The Kier molecular flexibility index (Phi) is 14.9. The summed E-state index contributed by atoms with van der Waals surface area (Å²) in [5, 5.41) is 9.87. The second-order valence-electron chi connectivity index (χ2n) is 9.76. The Morgan fingerprint density at radius 3 is 1.72 bits per heavy atom. The smallest absolute Gasteiger partial charge is 0.488 e. The molecule has 2 bridgehead atoms. The fourth-order valence-corrected chi connectivity index (χ4v) is 32.6. The molecular weight excluding hydrogens is 801 g/mol. The fraction of sp³-hybridized carbons (Fsp3) is 0.929. The highest BCUT2D eigenvalue weighted by molar-refractivity contribution is 6.85. The van der Waals surface area contributed by atoms with E-state index in [4.69, 9.17) is 63.9 Å². The number of aliphatic carboxylic acids is 1. The van der Waals surface area contributed by atoms with E-state index in [0.717, 1.165) is 42.7 Å². The summed E-state index contributed by atoms with van der Waals surface area (Å²) in [5.74, 6) is -1.09. The first-order valence-corrected chi connectivity index (χ1v) is 28.9. The van der Waals surface area contributed by atoms with Gasteiger partial charge in [-0.3, -0.25) is 9.36 Å². The van der Waals surface area contributed by atoms with Crippen molar-refractivity contribution in [2.45, 2.75) is 38.4 Å². The highest BCUT2D eigenvalue weighted by Crippen LogP contribution is 2.33. The van der Waals surface area contributed by atoms with Crippen LogP contribution in [0.3, 0.4) is 0 Å². The molecule has 24 nitrogen and oxygen atoms in total. The first kappa shape index (κ1) is 42.6. The summed E-state index contributed by atoms with van der Waals surface area (Å²) in [6, 6.07) is -0.676. The number of carboxylic acids is 1. The zero-order valence-corrected chi connectivity index (χ0v) is 35.9. The van der Waals surface area contributed by atoms with E-state index in [9.17, 15) is 33.9 Å². The highest BCUT2D eigenvalue weighted by atomic mass is 28.5. The summed E-state index contributed by atoms with van der Waals surface area (Å²) >= 11 is -8.32. The molecule has 0 aromatic heterocycles. The Morgan fingerprint density at radius 2 is 1.26 bits per heavy atom. The molecule has 6 N–H and O–H groups in total. The molecule has 47 heavy (non-hydrogen) atoms. The second-order valence-corrected chi connectivity index (χ2v) is 32.2. The van der Waals surface area contributed by atoms with Crippen LogP contribution in [0.4, 0.5) is 0 Å². The van der Waals surface area contributed by atoms with Crippen molar-refractivity contribution in [1.29, 1.82) is 0 Å². The van der Waals surface area contributed by atoms with Crippen LogP contribution in [-0.2, 0) is 68.7 Å². The molecule has 3 heterocycles. The maximum atomic E-state index is 12.1. The first-order valence-electron chi connectivity index (χ1n) is 13.5. The number of nitrogens with zero attached hydrogens (tertiary/aromatic N) is 1. The Bertz CT molecular complexity index is 1060. The van der Waals surface area contributed by atoms with Gasteiger partial charge < -0.3 is 93.0 Å². The molecule has 0 radical (unpaired) electrons. The van der Waals surface area contributed by atoms with Crippen molar-refractivity contribution in [2.75, 3.05) is 49.2 Å². The van der Waals surface area contributed by atoms with E-state index in [1.165, 1.54) is 0 Å².